The minimum Gasteiger partial charge on any atom is -0.451 e. The zero-order valence-corrected chi connectivity index (χ0v) is 12.8. The van der Waals surface area contributed by atoms with Gasteiger partial charge >= 0.3 is 5.97 Å². The van der Waals surface area contributed by atoms with Crippen molar-refractivity contribution in [1.29, 1.82) is 0 Å². The lowest BCUT2D eigenvalue weighted by Gasteiger charge is -2.15. The maximum atomic E-state index is 12.3. The Morgan fingerprint density at radius 1 is 1.25 bits per heavy atom. The van der Waals surface area contributed by atoms with Gasteiger partial charge in [0.05, 0.1) is 23.9 Å². The number of terminal acetylenes is 1. The number of esters is 1. The molecule has 0 amide bonds. The van der Waals surface area contributed by atoms with Gasteiger partial charge in [0.2, 0.25) is 0 Å². The molecular weight excluding hydrogens is 304 g/mol. The molecule has 0 fully saturated rings. The van der Waals surface area contributed by atoms with Crippen LogP contribution in [-0.2, 0) is 4.74 Å². The number of rotatable bonds is 5. The van der Waals surface area contributed by atoms with Gasteiger partial charge in [-0.05, 0) is 24.3 Å². The van der Waals surface area contributed by atoms with Crippen molar-refractivity contribution in [3.8, 4) is 23.7 Å². The topological polar surface area (TPSA) is 65.2 Å². The van der Waals surface area contributed by atoms with Gasteiger partial charge in [-0.15, -0.1) is 12.3 Å². The smallest absolute Gasteiger partial charge is 0.338 e. The summed E-state index contributed by atoms with van der Waals surface area (Å²) in [4.78, 5) is 20.4. The van der Waals surface area contributed by atoms with Crippen LogP contribution in [0, 0.1) is 12.3 Å². The summed E-state index contributed by atoms with van der Waals surface area (Å²) in [7, 11) is 0. The molecule has 0 radical (unpaired) electrons. The van der Waals surface area contributed by atoms with E-state index in [4.69, 9.17) is 15.6 Å². The monoisotopic (exact) mass is 318 g/mol. The number of hydrogen-bond donors (Lipinski definition) is 0. The van der Waals surface area contributed by atoms with Gasteiger partial charge in [-0.25, -0.2) is 9.78 Å². The highest BCUT2D eigenvalue weighted by Gasteiger charge is 2.18. The molecule has 0 saturated heterocycles. The largest absolute Gasteiger partial charge is 0.451 e. The molecule has 0 saturated carbocycles. The molecule has 0 aliphatic heterocycles. The highest BCUT2D eigenvalue weighted by Crippen LogP contribution is 2.22. The standard InChI is InChI=1S/C19H14N2O3/c1-2-5-17(16-6-3-4-11-21-16)24-19(22)15-9-7-14(8-10-15)18-12-20-13-23-18/h1,3-4,6-13,17H,5H2. The van der Waals surface area contributed by atoms with Gasteiger partial charge in [0.1, 0.15) is 0 Å². The Kier molecular flexibility index (Phi) is 4.68. The van der Waals surface area contributed by atoms with E-state index in [0.717, 1.165) is 5.56 Å². The van der Waals surface area contributed by atoms with Crippen LogP contribution in [0.3, 0.4) is 0 Å². The number of carbonyl (C=O) groups is 1. The number of hydrogen-bond acceptors (Lipinski definition) is 5. The molecule has 3 aromatic rings. The molecule has 118 valence electrons. The summed E-state index contributed by atoms with van der Waals surface area (Å²) in [5.74, 6) is 2.69. The normalized spacial score (nSPS) is 11.5. The van der Waals surface area contributed by atoms with E-state index in [0.29, 0.717) is 17.0 Å². The molecule has 24 heavy (non-hydrogen) atoms. The lowest BCUT2D eigenvalue weighted by Crippen LogP contribution is -2.12. The fourth-order valence-corrected chi connectivity index (χ4v) is 2.21. The molecule has 1 unspecified atom stereocenters. The third-order valence-corrected chi connectivity index (χ3v) is 3.41. The number of aromatic nitrogens is 2. The molecular formula is C19H14N2O3. The first kappa shape index (κ1) is 15.5. The first-order chi connectivity index (χ1) is 11.8. The number of ether oxygens (including phenoxy) is 1. The third-order valence-electron chi connectivity index (χ3n) is 3.41. The number of carbonyl (C=O) groups excluding carboxylic acids is 1. The summed E-state index contributed by atoms with van der Waals surface area (Å²) in [6, 6.07) is 12.3. The second kappa shape index (κ2) is 7.25. The van der Waals surface area contributed by atoms with Gasteiger partial charge in [-0.3, -0.25) is 4.98 Å². The SMILES string of the molecule is C#CCC(OC(=O)c1ccc(-c2cnco2)cc1)c1ccccn1. The third kappa shape index (κ3) is 3.50. The van der Waals surface area contributed by atoms with Crippen molar-refractivity contribution in [2.24, 2.45) is 0 Å². The second-order valence-corrected chi connectivity index (χ2v) is 5.00. The van der Waals surface area contributed by atoms with E-state index in [9.17, 15) is 4.79 Å². The van der Waals surface area contributed by atoms with Crippen LogP contribution in [0.2, 0.25) is 0 Å². The van der Waals surface area contributed by atoms with Crippen molar-refractivity contribution >= 4 is 5.97 Å². The van der Waals surface area contributed by atoms with Crippen molar-refractivity contribution in [1.82, 2.24) is 9.97 Å². The predicted molar refractivity (Wildman–Crippen MR) is 87.8 cm³/mol. The molecule has 1 aromatic carbocycles. The van der Waals surface area contributed by atoms with Crippen LogP contribution in [0.25, 0.3) is 11.3 Å². The Balaban J connectivity index is 1.75. The number of benzene rings is 1. The molecule has 5 heteroatoms. The summed E-state index contributed by atoms with van der Waals surface area (Å²) >= 11 is 0. The van der Waals surface area contributed by atoms with Crippen LogP contribution in [0.1, 0.15) is 28.6 Å². The Hall–Kier alpha value is -3.39. The van der Waals surface area contributed by atoms with Gasteiger partial charge in [0.15, 0.2) is 18.3 Å². The summed E-state index contributed by atoms with van der Waals surface area (Å²) in [5.41, 5.74) is 1.88. The van der Waals surface area contributed by atoms with E-state index in [2.05, 4.69) is 15.9 Å². The minimum absolute atomic E-state index is 0.263. The van der Waals surface area contributed by atoms with Crippen LogP contribution in [0.5, 0.6) is 0 Å². The summed E-state index contributed by atoms with van der Waals surface area (Å²) < 4.78 is 10.7. The predicted octanol–water partition coefficient (Wildman–Crippen LogP) is 3.66. The van der Waals surface area contributed by atoms with E-state index < -0.39 is 12.1 Å². The molecule has 0 bridgehead atoms. The van der Waals surface area contributed by atoms with E-state index in [-0.39, 0.29) is 6.42 Å². The molecule has 3 rings (SSSR count). The van der Waals surface area contributed by atoms with Gasteiger partial charge in [0.25, 0.3) is 0 Å². The van der Waals surface area contributed by atoms with Gasteiger partial charge in [0, 0.05) is 11.8 Å². The lowest BCUT2D eigenvalue weighted by atomic mass is 10.1. The van der Waals surface area contributed by atoms with Crippen molar-refractivity contribution in [3.63, 3.8) is 0 Å². The average Bonchev–Trinajstić information content (AvgIpc) is 3.17. The quantitative estimate of drug-likeness (QED) is 0.530. The van der Waals surface area contributed by atoms with Crippen LogP contribution >= 0.6 is 0 Å². The summed E-state index contributed by atoms with van der Waals surface area (Å²) in [5, 5.41) is 0. The van der Waals surface area contributed by atoms with Crippen LogP contribution in [0.15, 0.2) is 65.7 Å². The van der Waals surface area contributed by atoms with Crippen LogP contribution in [-0.4, -0.2) is 15.9 Å². The molecule has 0 aliphatic carbocycles. The van der Waals surface area contributed by atoms with E-state index >= 15 is 0 Å². The van der Waals surface area contributed by atoms with Crippen molar-refractivity contribution in [3.05, 3.63) is 72.5 Å². The van der Waals surface area contributed by atoms with Crippen LogP contribution in [0.4, 0.5) is 0 Å². The average molecular weight is 318 g/mol. The van der Waals surface area contributed by atoms with E-state index in [1.54, 1.807) is 48.8 Å². The fraction of sp³-hybridized carbons (Fsp3) is 0.105. The maximum Gasteiger partial charge on any atom is 0.338 e. The molecule has 5 nitrogen and oxygen atoms in total. The highest BCUT2D eigenvalue weighted by molar-refractivity contribution is 5.90. The lowest BCUT2D eigenvalue weighted by molar-refractivity contribution is 0.0299. The Bertz CT molecular complexity index is 835. The number of oxazole rings is 1. The van der Waals surface area contributed by atoms with Gasteiger partial charge < -0.3 is 9.15 Å². The second-order valence-electron chi connectivity index (χ2n) is 5.00. The summed E-state index contributed by atoms with van der Waals surface area (Å²) in [6.07, 6.45) is 9.66. The Labute approximate surface area is 139 Å². The maximum absolute atomic E-state index is 12.3. The minimum atomic E-state index is -0.572. The van der Waals surface area contributed by atoms with E-state index in [1.165, 1.54) is 6.39 Å². The van der Waals surface area contributed by atoms with Gasteiger partial charge in [-0.1, -0.05) is 18.2 Å². The van der Waals surface area contributed by atoms with Crippen molar-refractivity contribution in [2.75, 3.05) is 0 Å². The van der Waals surface area contributed by atoms with Crippen LogP contribution < -0.4 is 0 Å². The molecule has 0 spiro atoms. The van der Waals surface area contributed by atoms with E-state index in [1.807, 2.05) is 6.07 Å². The summed E-state index contributed by atoms with van der Waals surface area (Å²) in [6.45, 7) is 0. The zero-order valence-electron chi connectivity index (χ0n) is 12.8. The molecule has 0 N–H and O–H groups in total. The highest BCUT2D eigenvalue weighted by atomic mass is 16.5. The Morgan fingerprint density at radius 2 is 2.08 bits per heavy atom. The molecule has 1 atom stereocenters. The first-order valence-corrected chi connectivity index (χ1v) is 7.32. The van der Waals surface area contributed by atoms with Crippen molar-refractivity contribution < 1.29 is 13.9 Å². The zero-order chi connectivity index (χ0) is 16.8. The molecule has 2 heterocycles. The molecule has 0 aliphatic rings. The number of nitrogens with zero attached hydrogens (tertiary/aromatic N) is 2. The number of pyridine rings is 1. The van der Waals surface area contributed by atoms with Crippen molar-refractivity contribution in [2.45, 2.75) is 12.5 Å². The van der Waals surface area contributed by atoms with Gasteiger partial charge in [-0.2, -0.15) is 0 Å². The fourth-order valence-electron chi connectivity index (χ4n) is 2.21. The molecule has 2 aromatic heterocycles. The first-order valence-electron chi connectivity index (χ1n) is 7.32. The Morgan fingerprint density at radius 3 is 2.71 bits per heavy atom.